The van der Waals surface area contributed by atoms with Gasteiger partial charge in [-0.05, 0) is 60.3 Å². The number of aromatic nitrogens is 1. The van der Waals surface area contributed by atoms with E-state index >= 15 is 0 Å². The van der Waals surface area contributed by atoms with Crippen molar-refractivity contribution in [1.29, 1.82) is 0 Å². The molecule has 0 bridgehead atoms. The lowest BCUT2D eigenvalue weighted by Crippen LogP contribution is -2.35. The van der Waals surface area contributed by atoms with Crippen LogP contribution in [0.25, 0.3) is 0 Å². The molecule has 2 unspecified atom stereocenters. The van der Waals surface area contributed by atoms with Gasteiger partial charge in [-0.15, -0.1) is 0 Å². The van der Waals surface area contributed by atoms with Gasteiger partial charge in [-0.1, -0.05) is 12.8 Å². The average Bonchev–Trinajstić information content (AvgIpc) is 2.41. The van der Waals surface area contributed by atoms with Crippen molar-refractivity contribution >= 4 is 27.5 Å². The second-order valence-corrected chi connectivity index (χ2v) is 5.96. The number of nitrogens with two attached hydrogens (primary N) is 1. The minimum absolute atomic E-state index is 0.0433. The number of nitrogens with one attached hydrogen (secondary N) is 1. The number of anilines is 1. The number of rotatable bonds is 3. The predicted molar refractivity (Wildman–Crippen MR) is 79.8 cm³/mol. The Bertz CT molecular complexity index is 464. The number of nitrogens with zero attached hydrogens (tertiary/aromatic N) is 1. The zero-order chi connectivity index (χ0) is 13.8. The number of pyridine rings is 1. The topological polar surface area (TPSA) is 68.0 Å². The summed E-state index contributed by atoms with van der Waals surface area (Å²) >= 11 is 3.32. The van der Waals surface area contributed by atoms with E-state index < -0.39 is 0 Å². The van der Waals surface area contributed by atoms with E-state index in [0.29, 0.717) is 12.5 Å². The van der Waals surface area contributed by atoms with Crippen molar-refractivity contribution in [2.75, 3.05) is 11.9 Å². The van der Waals surface area contributed by atoms with E-state index in [1.165, 1.54) is 6.42 Å². The second-order valence-electron chi connectivity index (χ2n) is 5.14. The normalized spacial score (nSPS) is 23.1. The average molecular weight is 326 g/mol. The molecule has 19 heavy (non-hydrogen) atoms. The Hall–Kier alpha value is -0.940. The maximum Gasteiger partial charge on any atom is 0.227 e. The second kappa shape index (κ2) is 6.48. The number of aryl methyl sites for hydroxylation is 1. The van der Waals surface area contributed by atoms with Gasteiger partial charge in [0.05, 0.1) is 11.4 Å². The maximum absolute atomic E-state index is 12.4. The van der Waals surface area contributed by atoms with Crippen LogP contribution < -0.4 is 11.1 Å². The molecule has 1 aliphatic carbocycles. The molecule has 3 N–H and O–H groups in total. The first kappa shape index (κ1) is 14.5. The van der Waals surface area contributed by atoms with E-state index in [-0.39, 0.29) is 11.8 Å². The van der Waals surface area contributed by atoms with Crippen molar-refractivity contribution in [3.63, 3.8) is 0 Å². The summed E-state index contributed by atoms with van der Waals surface area (Å²) in [5, 5.41) is 2.99. The Balaban J connectivity index is 2.07. The Morgan fingerprint density at radius 1 is 1.47 bits per heavy atom. The highest BCUT2D eigenvalue weighted by atomic mass is 79.9. The van der Waals surface area contributed by atoms with Crippen LogP contribution in [0.3, 0.4) is 0 Å². The van der Waals surface area contributed by atoms with Crippen molar-refractivity contribution in [3.8, 4) is 0 Å². The Morgan fingerprint density at radius 2 is 2.21 bits per heavy atom. The third-order valence-corrected chi connectivity index (χ3v) is 4.30. The SMILES string of the molecule is Cc1nc(Br)ccc1NC(=O)C1CCCCC1CN. The molecule has 104 valence electrons. The van der Waals surface area contributed by atoms with E-state index in [1.54, 1.807) is 0 Å². The van der Waals surface area contributed by atoms with Crippen LogP contribution in [0.1, 0.15) is 31.4 Å². The summed E-state index contributed by atoms with van der Waals surface area (Å²) in [6, 6.07) is 3.72. The molecule has 1 fully saturated rings. The molecule has 2 atom stereocenters. The lowest BCUT2D eigenvalue weighted by molar-refractivity contribution is -0.122. The molecule has 1 saturated carbocycles. The molecule has 0 aliphatic heterocycles. The van der Waals surface area contributed by atoms with Gasteiger partial charge in [0.25, 0.3) is 0 Å². The molecule has 1 amide bonds. The lowest BCUT2D eigenvalue weighted by Gasteiger charge is -2.29. The van der Waals surface area contributed by atoms with Crippen LogP contribution in [-0.4, -0.2) is 17.4 Å². The summed E-state index contributed by atoms with van der Waals surface area (Å²) in [6.45, 7) is 2.48. The van der Waals surface area contributed by atoms with Crippen LogP contribution in [0.15, 0.2) is 16.7 Å². The molecule has 0 saturated heterocycles. The minimum Gasteiger partial charge on any atom is -0.330 e. The molecule has 1 aromatic rings. The zero-order valence-electron chi connectivity index (χ0n) is 11.2. The van der Waals surface area contributed by atoms with Crippen LogP contribution in [0.2, 0.25) is 0 Å². The monoisotopic (exact) mass is 325 g/mol. The molecular formula is C14H20BrN3O. The molecule has 1 aromatic heterocycles. The number of hydrogen-bond donors (Lipinski definition) is 2. The summed E-state index contributed by atoms with van der Waals surface area (Å²) < 4.78 is 0.778. The van der Waals surface area contributed by atoms with Crippen molar-refractivity contribution < 1.29 is 4.79 Å². The highest BCUT2D eigenvalue weighted by Gasteiger charge is 2.30. The quantitative estimate of drug-likeness (QED) is 0.839. The molecule has 1 aliphatic rings. The van der Waals surface area contributed by atoms with Gasteiger partial charge in [0, 0.05) is 5.92 Å². The first-order valence-corrected chi connectivity index (χ1v) is 7.55. The van der Waals surface area contributed by atoms with E-state index in [1.807, 2.05) is 19.1 Å². The van der Waals surface area contributed by atoms with Gasteiger partial charge < -0.3 is 11.1 Å². The third kappa shape index (κ3) is 3.54. The molecule has 1 heterocycles. The van der Waals surface area contributed by atoms with Crippen LogP contribution >= 0.6 is 15.9 Å². The molecule has 2 rings (SSSR count). The highest BCUT2D eigenvalue weighted by molar-refractivity contribution is 9.10. The lowest BCUT2D eigenvalue weighted by atomic mass is 9.78. The van der Waals surface area contributed by atoms with Crippen LogP contribution in [0.5, 0.6) is 0 Å². The zero-order valence-corrected chi connectivity index (χ0v) is 12.7. The summed E-state index contributed by atoms with van der Waals surface area (Å²) in [5.74, 6) is 0.446. The van der Waals surface area contributed by atoms with Gasteiger partial charge in [0.15, 0.2) is 0 Å². The molecule has 0 spiro atoms. The van der Waals surface area contributed by atoms with Crippen molar-refractivity contribution in [1.82, 2.24) is 4.98 Å². The summed E-state index contributed by atoms with van der Waals surface area (Å²) in [6.07, 6.45) is 4.31. The Labute approximate surface area is 122 Å². The van der Waals surface area contributed by atoms with Gasteiger partial charge >= 0.3 is 0 Å². The molecule has 0 radical (unpaired) electrons. The molecule has 5 heteroatoms. The standard InChI is InChI=1S/C14H20BrN3O/c1-9-12(6-7-13(15)17-9)18-14(19)11-5-3-2-4-10(11)8-16/h6-7,10-11H,2-5,8,16H2,1H3,(H,18,19). The summed E-state index contributed by atoms with van der Waals surface area (Å²) in [5.41, 5.74) is 7.38. The van der Waals surface area contributed by atoms with Gasteiger partial charge in [-0.2, -0.15) is 0 Å². The molecular weight excluding hydrogens is 306 g/mol. The molecule has 4 nitrogen and oxygen atoms in total. The fraction of sp³-hybridized carbons (Fsp3) is 0.571. The number of hydrogen-bond acceptors (Lipinski definition) is 3. The van der Waals surface area contributed by atoms with Gasteiger partial charge in [0.1, 0.15) is 4.60 Å². The van der Waals surface area contributed by atoms with Crippen molar-refractivity contribution in [2.24, 2.45) is 17.6 Å². The fourth-order valence-electron chi connectivity index (χ4n) is 2.72. The molecule has 0 aromatic carbocycles. The van der Waals surface area contributed by atoms with Crippen LogP contribution in [0, 0.1) is 18.8 Å². The first-order valence-electron chi connectivity index (χ1n) is 6.76. The smallest absolute Gasteiger partial charge is 0.227 e. The van der Waals surface area contributed by atoms with E-state index in [0.717, 1.165) is 35.2 Å². The van der Waals surface area contributed by atoms with Crippen molar-refractivity contribution in [3.05, 3.63) is 22.4 Å². The summed E-state index contributed by atoms with van der Waals surface area (Å²) in [4.78, 5) is 16.7. The van der Waals surface area contributed by atoms with Crippen LogP contribution in [-0.2, 0) is 4.79 Å². The fourth-order valence-corrected chi connectivity index (χ4v) is 3.12. The Morgan fingerprint density at radius 3 is 2.89 bits per heavy atom. The maximum atomic E-state index is 12.4. The number of halogens is 1. The van der Waals surface area contributed by atoms with Gasteiger partial charge in [0.2, 0.25) is 5.91 Å². The highest BCUT2D eigenvalue weighted by Crippen LogP contribution is 2.30. The van der Waals surface area contributed by atoms with Crippen molar-refractivity contribution in [2.45, 2.75) is 32.6 Å². The largest absolute Gasteiger partial charge is 0.330 e. The third-order valence-electron chi connectivity index (χ3n) is 3.86. The minimum atomic E-state index is 0.0433. The number of carbonyl (C=O) groups excluding carboxylic acids is 1. The van der Waals surface area contributed by atoms with Crippen LogP contribution in [0.4, 0.5) is 5.69 Å². The van der Waals surface area contributed by atoms with E-state index in [9.17, 15) is 4.79 Å². The van der Waals surface area contributed by atoms with E-state index in [2.05, 4.69) is 26.2 Å². The van der Waals surface area contributed by atoms with Gasteiger partial charge in [-0.3, -0.25) is 4.79 Å². The number of amides is 1. The predicted octanol–water partition coefficient (Wildman–Crippen LogP) is 2.86. The van der Waals surface area contributed by atoms with E-state index in [4.69, 9.17) is 5.73 Å². The van der Waals surface area contributed by atoms with Gasteiger partial charge in [-0.25, -0.2) is 4.98 Å². The first-order chi connectivity index (χ1) is 9.11. The summed E-state index contributed by atoms with van der Waals surface area (Å²) in [7, 11) is 0. The number of carbonyl (C=O) groups is 1. The Kier molecular flexibility index (Phi) is 4.93.